The highest BCUT2D eigenvalue weighted by Crippen LogP contribution is 2.31. The first-order valence-corrected chi connectivity index (χ1v) is 8.95. The Hall–Kier alpha value is -1.28. The van der Waals surface area contributed by atoms with Crippen molar-refractivity contribution in [2.24, 2.45) is 5.73 Å². The molecule has 1 aliphatic carbocycles. The molecular formula is C20H32N2. The van der Waals surface area contributed by atoms with E-state index in [4.69, 9.17) is 11.5 Å². The van der Waals surface area contributed by atoms with Gasteiger partial charge in [0.25, 0.3) is 0 Å². The van der Waals surface area contributed by atoms with E-state index >= 15 is 0 Å². The van der Waals surface area contributed by atoms with Crippen molar-refractivity contribution < 1.29 is 0 Å². The van der Waals surface area contributed by atoms with Gasteiger partial charge in [0.15, 0.2) is 0 Å². The van der Waals surface area contributed by atoms with Crippen molar-refractivity contribution in [2.75, 3.05) is 5.73 Å². The Morgan fingerprint density at radius 3 is 2.36 bits per heavy atom. The predicted molar refractivity (Wildman–Crippen MR) is 97.0 cm³/mol. The molecule has 1 saturated carbocycles. The van der Waals surface area contributed by atoms with Gasteiger partial charge in [-0.25, -0.2) is 0 Å². The quantitative estimate of drug-likeness (QED) is 0.614. The minimum absolute atomic E-state index is 0.423. The lowest BCUT2D eigenvalue weighted by molar-refractivity contribution is 0.504. The summed E-state index contributed by atoms with van der Waals surface area (Å²) in [5, 5.41) is 0. The summed E-state index contributed by atoms with van der Waals surface area (Å²) in [4.78, 5) is 0. The molecule has 2 rings (SSSR count). The van der Waals surface area contributed by atoms with E-state index in [1.165, 1.54) is 68.9 Å². The zero-order chi connectivity index (χ0) is 15.8. The molecule has 0 heterocycles. The van der Waals surface area contributed by atoms with E-state index in [2.05, 4.69) is 24.8 Å². The number of nitrogen functional groups attached to an aromatic ring is 1. The zero-order valence-corrected chi connectivity index (χ0v) is 13.9. The number of anilines is 1. The lowest BCUT2D eigenvalue weighted by Gasteiger charge is -2.19. The summed E-state index contributed by atoms with van der Waals surface area (Å²) in [6.45, 7) is 3.84. The van der Waals surface area contributed by atoms with Crippen LogP contribution in [0, 0.1) is 0 Å². The van der Waals surface area contributed by atoms with Gasteiger partial charge in [-0.15, -0.1) is 6.58 Å². The van der Waals surface area contributed by atoms with E-state index in [9.17, 15) is 0 Å². The fourth-order valence-electron chi connectivity index (χ4n) is 3.61. The van der Waals surface area contributed by atoms with E-state index in [0.717, 1.165) is 12.1 Å². The third-order valence-electron chi connectivity index (χ3n) is 5.01. The zero-order valence-electron chi connectivity index (χ0n) is 13.9. The summed E-state index contributed by atoms with van der Waals surface area (Å²) in [5.74, 6) is 0.679. The molecule has 0 aromatic heterocycles. The Labute approximate surface area is 136 Å². The summed E-state index contributed by atoms with van der Waals surface area (Å²) in [5.41, 5.74) is 15.8. The van der Waals surface area contributed by atoms with Crippen LogP contribution in [0.3, 0.4) is 0 Å². The molecule has 0 amide bonds. The summed E-state index contributed by atoms with van der Waals surface area (Å²) >= 11 is 0. The number of benzene rings is 1. The van der Waals surface area contributed by atoms with Gasteiger partial charge in [0.05, 0.1) is 0 Å². The maximum atomic E-state index is 6.17. The molecule has 122 valence electrons. The monoisotopic (exact) mass is 300 g/mol. The van der Waals surface area contributed by atoms with Gasteiger partial charge < -0.3 is 11.5 Å². The second-order valence-electron chi connectivity index (χ2n) is 6.83. The second-order valence-corrected chi connectivity index (χ2v) is 6.83. The van der Waals surface area contributed by atoms with E-state index in [1.54, 1.807) is 0 Å². The maximum Gasteiger partial charge on any atom is 0.0349 e. The van der Waals surface area contributed by atoms with Gasteiger partial charge in [0, 0.05) is 11.7 Å². The number of allylic oxidation sites excluding steroid dienone is 1. The Morgan fingerprint density at radius 1 is 1.00 bits per heavy atom. The van der Waals surface area contributed by atoms with E-state index in [1.807, 2.05) is 6.08 Å². The predicted octanol–water partition coefficient (Wildman–Crippen LogP) is 4.93. The fraction of sp³-hybridized carbons (Fsp3) is 0.600. The number of nitrogens with two attached hydrogens (primary N) is 2. The molecular weight excluding hydrogens is 268 g/mol. The Balaban J connectivity index is 2.07. The Morgan fingerprint density at radius 2 is 1.64 bits per heavy atom. The van der Waals surface area contributed by atoms with Crippen molar-refractivity contribution in [1.82, 2.24) is 0 Å². The van der Waals surface area contributed by atoms with E-state index in [0.29, 0.717) is 12.0 Å². The summed E-state index contributed by atoms with van der Waals surface area (Å²) in [6.07, 6.45) is 14.3. The minimum Gasteiger partial charge on any atom is -0.398 e. The van der Waals surface area contributed by atoms with Crippen LogP contribution in [-0.4, -0.2) is 6.04 Å². The topological polar surface area (TPSA) is 52.0 Å². The van der Waals surface area contributed by atoms with Gasteiger partial charge in [0.1, 0.15) is 0 Å². The molecule has 2 atom stereocenters. The first-order valence-electron chi connectivity index (χ1n) is 8.95. The van der Waals surface area contributed by atoms with Crippen LogP contribution in [0.25, 0.3) is 0 Å². The van der Waals surface area contributed by atoms with Crippen LogP contribution in [-0.2, 0) is 6.42 Å². The lowest BCUT2D eigenvalue weighted by atomic mass is 9.87. The molecule has 0 aliphatic heterocycles. The summed E-state index contributed by atoms with van der Waals surface area (Å²) in [7, 11) is 0. The van der Waals surface area contributed by atoms with Gasteiger partial charge >= 0.3 is 0 Å². The average Bonchev–Trinajstić information content (AvgIpc) is 2.55. The minimum atomic E-state index is 0.423. The first kappa shape index (κ1) is 17.1. The van der Waals surface area contributed by atoms with Crippen molar-refractivity contribution in [2.45, 2.75) is 76.2 Å². The molecule has 2 nitrogen and oxygen atoms in total. The molecule has 1 aromatic carbocycles. The van der Waals surface area contributed by atoms with Gasteiger partial charge in [-0.1, -0.05) is 50.3 Å². The molecule has 0 bridgehead atoms. The molecule has 1 aliphatic rings. The largest absolute Gasteiger partial charge is 0.398 e. The highest BCUT2D eigenvalue weighted by Gasteiger charge is 2.14. The van der Waals surface area contributed by atoms with Crippen LogP contribution in [0.1, 0.15) is 74.8 Å². The molecule has 4 N–H and O–H groups in total. The second kappa shape index (κ2) is 8.99. The highest BCUT2D eigenvalue weighted by atomic mass is 14.6. The molecule has 22 heavy (non-hydrogen) atoms. The number of hydrogen-bond donors (Lipinski definition) is 2. The van der Waals surface area contributed by atoms with E-state index in [-0.39, 0.29) is 0 Å². The van der Waals surface area contributed by atoms with Crippen molar-refractivity contribution in [3.63, 3.8) is 0 Å². The van der Waals surface area contributed by atoms with Crippen LogP contribution >= 0.6 is 0 Å². The molecule has 2 heteroatoms. The molecule has 1 fully saturated rings. The van der Waals surface area contributed by atoms with Crippen LogP contribution in [0.15, 0.2) is 30.9 Å². The summed E-state index contributed by atoms with van der Waals surface area (Å²) < 4.78 is 0. The molecule has 0 radical (unpaired) electrons. The third kappa shape index (κ3) is 5.17. The smallest absolute Gasteiger partial charge is 0.0349 e. The molecule has 0 saturated heterocycles. The van der Waals surface area contributed by atoms with Crippen LogP contribution in [0.2, 0.25) is 0 Å². The van der Waals surface area contributed by atoms with Crippen molar-refractivity contribution in [3.05, 3.63) is 42.0 Å². The van der Waals surface area contributed by atoms with Crippen LogP contribution in [0.5, 0.6) is 0 Å². The molecule has 0 spiro atoms. The van der Waals surface area contributed by atoms with Gasteiger partial charge in [-0.3, -0.25) is 0 Å². The van der Waals surface area contributed by atoms with Gasteiger partial charge in [-0.2, -0.15) is 0 Å². The Kier molecular flexibility index (Phi) is 6.98. The SMILES string of the molecule is C=CCc1cc(C2CCCCCC(N)CCCC2)ccc1N. The third-order valence-corrected chi connectivity index (χ3v) is 5.01. The fourth-order valence-corrected chi connectivity index (χ4v) is 3.61. The van der Waals surface area contributed by atoms with Crippen LogP contribution in [0.4, 0.5) is 5.69 Å². The number of hydrogen-bond acceptors (Lipinski definition) is 2. The average molecular weight is 300 g/mol. The van der Waals surface area contributed by atoms with E-state index < -0.39 is 0 Å². The normalized spacial score (nSPS) is 24.4. The summed E-state index contributed by atoms with van der Waals surface area (Å²) in [6, 6.07) is 7.05. The van der Waals surface area contributed by atoms with Gasteiger partial charge in [0.2, 0.25) is 0 Å². The molecule has 1 aromatic rings. The maximum absolute atomic E-state index is 6.17. The van der Waals surface area contributed by atoms with Crippen molar-refractivity contribution in [1.29, 1.82) is 0 Å². The van der Waals surface area contributed by atoms with Crippen molar-refractivity contribution in [3.8, 4) is 0 Å². The highest BCUT2D eigenvalue weighted by molar-refractivity contribution is 5.50. The van der Waals surface area contributed by atoms with Gasteiger partial charge in [-0.05, 0) is 55.2 Å². The Bertz CT molecular complexity index is 467. The standard InChI is InChI=1S/C20H32N2/c1-2-8-18-15-17(13-14-20(18)22)16-9-4-3-5-11-19(21)12-7-6-10-16/h2,13-16,19H,1,3-12,21-22H2. The first-order chi connectivity index (χ1) is 10.7. The number of rotatable bonds is 3. The van der Waals surface area contributed by atoms with Crippen molar-refractivity contribution >= 4 is 5.69 Å². The molecule has 2 unspecified atom stereocenters. The lowest BCUT2D eigenvalue weighted by Crippen LogP contribution is -2.19. The van der Waals surface area contributed by atoms with Crippen LogP contribution < -0.4 is 11.5 Å².